The fraction of sp³-hybridized carbons (Fsp3) is 0.0526. The molecule has 0 spiro atoms. The second kappa shape index (κ2) is 6.92. The van der Waals surface area contributed by atoms with Gasteiger partial charge < -0.3 is 15.3 Å². The molecular weight excluding hydrogens is 370 g/mol. The van der Waals surface area contributed by atoms with E-state index in [1.165, 1.54) is 6.20 Å². The van der Waals surface area contributed by atoms with E-state index in [1.807, 2.05) is 59.5 Å². The molecule has 0 saturated carbocycles. The number of amides is 1. The van der Waals surface area contributed by atoms with Gasteiger partial charge in [0, 0.05) is 17.5 Å². The minimum atomic E-state index is -1.02. The van der Waals surface area contributed by atoms with Crippen LogP contribution in [0.3, 0.4) is 0 Å². The van der Waals surface area contributed by atoms with Crippen LogP contribution in [-0.4, -0.2) is 16.0 Å². The second-order valence-electron chi connectivity index (χ2n) is 5.68. The van der Waals surface area contributed by atoms with E-state index in [9.17, 15) is 9.90 Å². The van der Waals surface area contributed by atoms with Crippen LogP contribution in [0, 0.1) is 0 Å². The molecule has 7 heteroatoms. The topological polar surface area (TPSA) is 65.5 Å². The van der Waals surface area contributed by atoms with Crippen molar-refractivity contribution in [3.63, 3.8) is 0 Å². The highest BCUT2D eigenvalue weighted by Gasteiger charge is 2.30. The van der Waals surface area contributed by atoms with Crippen molar-refractivity contribution in [1.29, 1.82) is 0 Å². The van der Waals surface area contributed by atoms with E-state index < -0.39 is 12.0 Å². The monoisotopic (exact) mass is 383 g/mol. The first-order valence-electron chi connectivity index (χ1n) is 7.89. The summed E-state index contributed by atoms with van der Waals surface area (Å²) < 4.78 is 0.342. The minimum Gasteiger partial charge on any atom is -0.383 e. The molecule has 1 atom stereocenters. The van der Waals surface area contributed by atoms with Crippen molar-refractivity contribution in [2.75, 3.05) is 10.2 Å². The van der Waals surface area contributed by atoms with Gasteiger partial charge in [0.15, 0.2) is 4.47 Å². The van der Waals surface area contributed by atoms with Gasteiger partial charge in [-0.25, -0.2) is 4.98 Å². The number of carbonyl (C=O) groups is 1. The fourth-order valence-electron chi connectivity index (χ4n) is 2.86. The van der Waals surface area contributed by atoms with Crippen molar-refractivity contribution in [2.45, 2.75) is 6.10 Å². The molecular formula is C19H14ClN3O2S. The Labute approximate surface area is 159 Å². The Morgan fingerprint density at radius 1 is 1.15 bits per heavy atom. The molecule has 0 radical (unpaired) electrons. The summed E-state index contributed by atoms with van der Waals surface area (Å²) in [7, 11) is 0. The third kappa shape index (κ3) is 3.10. The van der Waals surface area contributed by atoms with Crippen LogP contribution >= 0.6 is 22.9 Å². The smallest absolute Gasteiger partial charge is 0.256 e. The van der Waals surface area contributed by atoms with E-state index in [0.717, 1.165) is 22.7 Å². The zero-order chi connectivity index (χ0) is 18.1. The van der Waals surface area contributed by atoms with Crippen molar-refractivity contribution in [3.8, 4) is 0 Å². The highest BCUT2D eigenvalue weighted by atomic mass is 35.5. The highest BCUT2D eigenvalue weighted by Crippen LogP contribution is 2.40. The van der Waals surface area contributed by atoms with Crippen molar-refractivity contribution < 1.29 is 9.90 Å². The zero-order valence-electron chi connectivity index (χ0n) is 13.5. The minimum absolute atomic E-state index is 0.247. The van der Waals surface area contributed by atoms with Gasteiger partial charge in [0.05, 0.1) is 17.5 Å². The summed E-state index contributed by atoms with van der Waals surface area (Å²) in [4.78, 5) is 18.6. The number of aliphatic hydroxyl groups excluding tert-OH is 1. The van der Waals surface area contributed by atoms with Crippen LogP contribution < -0.4 is 10.2 Å². The predicted octanol–water partition coefficient (Wildman–Crippen LogP) is 4.50. The molecule has 26 heavy (non-hydrogen) atoms. The molecule has 4 rings (SSSR count). The third-order valence-corrected chi connectivity index (χ3v) is 5.09. The number of rotatable bonds is 3. The summed E-state index contributed by atoms with van der Waals surface area (Å²) in [6.07, 6.45) is 2.14. The molecule has 3 aromatic rings. The number of halogens is 1. The third-order valence-electron chi connectivity index (χ3n) is 4.06. The average Bonchev–Trinajstić information content (AvgIpc) is 3.07. The maximum Gasteiger partial charge on any atom is 0.256 e. The maximum atomic E-state index is 12.7. The van der Waals surface area contributed by atoms with Crippen LogP contribution in [0.1, 0.15) is 11.7 Å². The van der Waals surface area contributed by atoms with Crippen molar-refractivity contribution in [1.82, 2.24) is 4.98 Å². The Kier molecular flexibility index (Phi) is 4.46. The van der Waals surface area contributed by atoms with Crippen LogP contribution in [0.4, 0.5) is 16.4 Å². The lowest BCUT2D eigenvalue weighted by molar-refractivity contribution is -0.113. The summed E-state index contributed by atoms with van der Waals surface area (Å²) >= 11 is 6.98. The molecule has 2 heterocycles. The van der Waals surface area contributed by atoms with Crippen LogP contribution in [0.2, 0.25) is 4.47 Å². The number of para-hydroxylation sites is 2. The molecule has 1 amide bonds. The van der Waals surface area contributed by atoms with E-state index in [0.29, 0.717) is 15.0 Å². The number of anilines is 3. The Bertz CT molecular complexity index is 987. The maximum absolute atomic E-state index is 12.7. The van der Waals surface area contributed by atoms with Crippen LogP contribution in [-0.2, 0) is 4.79 Å². The molecule has 1 aliphatic heterocycles. The van der Waals surface area contributed by atoms with Gasteiger partial charge in [-0.1, -0.05) is 59.3 Å². The summed E-state index contributed by atoms with van der Waals surface area (Å²) in [5.41, 5.74) is 2.66. The Morgan fingerprint density at radius 2 is 1.88 bits per heavy atom. The van der Waals surface area contributed by atoms with Gasteiger partial charge in [-0.2, -0.15) is 0 Å². The number of aromatic nitrogens is 1. The summed E-state index contributed by atoms with van der Waals surface area (Å²) in [6, 6.07) is 17.2. The van der Waals surface area contributed by atoms with Crippen molar-refractivity contribution >= 4 is 45.2 Å². The van der Waals surface area contributed by atoms with Gasteiger partial charge in [0.25, 0.3) is 5.91 Å². The standard InChI is InChI=1S/C19H14ClN3O2S/c20-19-21-10-16(26-19)22-18(25)14-11-23(12-6-2-1-3-7-12)15-9-5-4-8-13(15)17(14)24/h1-11,17,24H,(H,22,25). The number of hydrogen-bond donors (Lipinski definition) is 2. The van der Waals surface area contributed by atoms with Gasteiger partial charge in [0.1, 0.15) is 11.1 Å². The molecule has 1 unspecified atom stereocenters. The average molecular weight is 384 g/mol. The number of nitrogens with zero attached hydrogens (tertiary/aromatic N) is 2. The first-order valence-corrected chi connectivity index (χ1v) is 9.08. The van der Waals surface area contributed by atoms with Gasteiger partial charge >= 0.3 is 0 Å². The number of carbonyl (C=O) groups excluding carboxylic acids is 1. The van der Waals surface area contributed by atoms with Gasteiger partial charge in [-0.3, -0.25) is 4.79 Å². The fourth-order valence-corrected chi connectivity index (χ4v) is 3.70. The Morgan fingerprint density at radius 3 is 2.62 bits per heavy atom. The van der Waals surface area contributed by atoms with Gasteiger partial charge in [0.2, 0.25) is 0 Å². The first-order chi connectivity index (χ1) is 12.6. The Balaban J connectivity index is 1.74. The quantitative estimate of drug-likeness (QED) is 0.698. The molecule has 1 aliphatic rings. The van der Waals surface area contributed by atoms with Crippen LogP contribution in [0.15, 0.2) is 72.6 Å². The zero-order valence-corrected chi connectivity index (χ0v) is 15.0. The normalized spacial score (nSPS) is 16.0. The number of hydrogen-bond acceptors (Lipinski definition) is 5. The molecule has 5 nitrogen and oxygen atoms in total. The second-order valence-corrected chi connectivity index (χ2v) is 7.30. The van der Waals surface area contributed by atoms with Crippen LogP contribution in [0.25, 0.3) is 0 Å². The predicted molar refractivity (Wildman–Crippen MR) is 104 cm³/mol. The largest absolute Gasteiger partial charge is 0.383 e. The summed E-state index contributed by atoms with van der Waals surface area (Å²) in [5, 5.41) is 14.0. The SMILES string of the molecule is O=C(Nc1cnc(Cl)s1)C1=CN(c2ccccc2)c2ccccc2C1O. The number of aliphatic hydroxyl groups is 1. The van der Waals surface area contributed by atoms with Crippen molar-refractivity contribution in [3.05, 3.63) is 82.6 Å². The first kappa shape index (κ1) is 16.8. The summed E-state index contributed by atoms with van der Waals surface area (Å²) in [5.74, 6) is -0.395. The molecule has 2 N–H and O–H groups in total. The molecule has 130 valence electrons. The van der Waals surface area contributed by atoms with Gasteiger partial charge in [-0.05, 0) is 18.2 Å². The van der Waals surface area contributed by atoms with Crippen LogP contribution in [0.5, 0.6) is 0 Å². The molecule has 2 aromatic carbocycles. The van der Waals surface area contributed by atoms with Gasteiger partial charge in [-0.15, -0.1) is 0 Å². The number of nitrogens with one attached hydrogen (secondary N) is 1. The lowest BCUT2D eigenvalue weighted by Gasteiger charge is -2.31. The highest BCUT2D eigenvalue weighted by molar-refractivity contribution is 7.19. The number of fused-ring (bicyclic) bond motifs is 1. The van der Waals surface area contributed by atoms with E-state index in [-0.39, 0.29) is 5.57 Å². The Hall–Kier alpha value is -2.67. The van der Waals surface area contributed by atoms with E-state index in [2.05, 4.69) is 10.3 Å². The number of thiazole rings is 1. The van der Waals surface area contributed by atoms with Crippen molar-refractivity contribution in [2.24, 2.45) is 0 Å². The van der Waals surface area contributed by atoms with E-state index in [1.54, 1.807) is 6.20 Å². The molecule has 0 saturated heterocycles. The molecule has 0 fully saturated rings. The molecule has 0 aliphatic carbocycles. The molecule has 1 aromatic heterocycles. The number of benzene rings is 2. The van der Waals surface area contributed by atoms with E-state index >= 15 is 0 Å². The summed E-state index contributed by atoms with van der Waals surface area (Å²) in [6.45, 7) is 0. The lowest BCUT2D eigenvalue weighted by atomic mass is 9.95. The molecule has 0 bridgehead atoms. The lowest BCUT2D eigenvalue weighted by Crippen LogP contribution is -2.27. The van der Waals surface area contributed by atoms with E-state index in [4.69, 9.17) is 11.6 Å².